The number of piperidine rings is 1. The van der Waals surface area contributed by atoms with E-state index in [1.165, 1.54) is 18.4 Å². The van der Waals surface area contributed by atoms with Crippen LogP contribution in [-0.4, -0.2) is 46.3 Å². The van der Waals surface area contributed by atoms with Crippen LogP contribution in [0.25, 0.3) is 0 Å². The van der Waals surface area contributed by atoms with Crippen molar-refractivity contribution < 1.29 is 4.79 Å². The summed E-state index contributed by atoms with van der Waals surface area (Å²) in [5, 5.41) is 7.46. The highest BCUT2D eigenvalue weighted by Gasteiger charge is 2.45. The fourth-order valence-corrected chi connectivity index (χ4v) is 4.23. The summed E-state index contributed by atoms with van der Waals surface area (Å²) >= 11 is 0. The summed E-state index contributed by atoms with van der Waals surface area (Å²) in [6.45, 7) is 5.16. The molecule has 1 saturated carbocycles. The van der Waals surface area contributed by atoms with Gasteiger partial charge in [-0.05, 0) is 38.2 Å². The Labute approximate surface area is 155 Å². The lowest BCUT2D eigenvalue weighted by atomic mass is 9.94. The summed E-state index contributed by atoms with van der Waals surface area (Å²) in [7, 11) is 1.85. The standard InChI is InChI=1S/C21H28N4O/c1-16-19(14-24(2)23-16)20(26)22-18-8-12-25(13-9-18)15-21(10-11-21)17-6-4-3-5-7-17/h3-7,14,18H,8-13,15H2,1-2H3,(H,22,26). The molecule has 2 fully saturated rings. The average Bonchev–Trinajstić information content (AvgIpc) is 3.34. The molecule has 5 heteroatoms. The van der Waals surface area contributed by atoms with Gasteiger partial charge < -0.3 is 10.2 Å². The van der Waals surface area contributed by atoms with Crippen LogP contribution in [0.4, 0.5) is 0 Å². The maximum atomic E-state index is 12.5. The monoisotopic (exact) mass is 352 g/mol. The van der Waals surface area contributed by atoms with Gasteiger partial charge in [-0.2, -0.15) is 5.10 Å². The molecule has 1 saturated heterocycles. The van der Waals surface area contributed by atoms with Crippen LogP contribution in [0, 0.1) is 6.92 Å². The van der Waals surface area contributed by atoms with Crippen molar-refractivity contribution in [3.05, 3.63) is 53.3 Å². The van der Waals surface area contributed by atoms with Crippen molar-refractivity contribution in [1.29, 1.82) is 0 Å². The molecule has 4 rings (SSSR count). The molecule has 0 spiro atoms. The highest BCUT2D eigenvalue weighted by molar-refractivity contribution is 5.95. The number of hydrogen-bond donors (Lipinski definition) is 1. The van der Waals surface area contributed by atoms with Crippen LogP contribution in [0.1, 0.15) is 47.3 Å². The van der Waals surface area contributed by atoms with Crippen molar-refractivity contribution in [1.82, 2.24) is 20.0 Å². The highest BCUT2D eigenvalue weighted by Crippen LogP contribution is 2.48. The third-order valence-electron chi connectivity index (χ3n) is 5.95. The Kier molecular flexibility index (Phi) is 4.57. The lowest BCUT2D eigenvalue weighted by Crippen LogP contribution is -2.46. The molecule has 1 aromatic heterocycles. The van der Waals surface area contributed by atoms with Crippen LogP contribution >= 0.6 is 0 Å². The van der Waals surface area contributed by atoms with Crippen molar-refractivity contribution in [3.63, 3.8) is 0 Å². The number of benzene rings is 1. The predicted molar refractivity (Wildman–Crippen MR) is 102 cm³/mol. The van der Waals surface area contributed by atoms with Gasteiger partial charge in [-0.1, -0.05) is 30.3 Å². The van der Waals surface area contributed by atoms with Gasteiger partial charge in [0.2, 0.25) is 0 Å². The van der Waals surface area contributed by atoms with E-state index in [1.807, 2.05) is 14.0 Å². The molecular weight excluding hydrogens is 324 g/mol. The quantitative estimate of drug-likeness (QED) is 0.900. The molecule has 138 valence electrons. The van der Waals surface area contributed by atoms with Crippen LogP contribution in [0.3, 0.4) is 0 Å². The molecule has 0 bridgehead atoms. The van der Waals surface area contributed by atoms with Crippen LogP contribution in [0.15, 0.2) is 36.5 Å². The van der Waals surface area contributed by atoms with E-state index in [4.69, 9.17) is 0 Å². The van der Waals surface area contributed by atoms with Gasteiger partial charge >= 0.3 is 0 Å². The van der Waals surface area contributed by atoms with Crippen molar-refractivity contribution in [2.75, 3.05) is 19.6 Å². The number of carbonyl (C=O) groups is 1. The smallest absolute Gasteiger partial charge is 0.254 e. The van der Waals surface area contributed by atoms with Gasteiger partial charge in [-0.25, -0.2) is 0 Å². The summed E-state index contributed by atoms with van der Waals surface area (Å²) < 4.78 is 1.70. The molecule has 1 aromatic carbocycles. The molecule has 1 N–H and O–H groups in total. The molecule has 1 aliphatic carbocycles. The zero-order valence-corrected chi connectivity index (χ0v) is 15.7. The van der Waals surface area contributed by atoms with Crippen LogP contribution in [0.5, 0.6) is 0 Å². The van der Waals surface area contributed by atoms with Crippen molar-refractivity contribution in [3.8, 4) is 0 Å². The van der Waals surface area contributed by atoms with Gasteiger partial charge in [0.15, 0.2) is 0 Å². The van der Waals surface area contributed by atoms with E-state index in [0.717, 1.165) is 38.2 Å². The Morgan fingerprint density at radius 1 is 1.23 bits per heavy atom. The molecule has 0 unspecified atom stereocenters. The third-order valence-corrected chi connectivity index (χ3v) is 5.95. The molecule has 26 heavy (non-hydrogen) atoms. The minimum absolute atomic E-state index is 0.0111. The van der Waals surface area contributed by atoms with Gasteiger partial charge in [-0.15, -0.1) is 0 Å². The minimum atomic E-state index is 0.0111. The molecule has 2 aliphatic rings. The van der Waals surface area contributed by atoms with E-state index in [1.54, 1.807) is 10.9 Å². The van der Waals surface area contributed by atoms with E-state index in [9.17, 15) is 4.79 Å². The Balaban J connectivity index is 1.29. The fraction of sp³-hybridized carbons (Fsp3) is 0.524. The second-order valence-corrected chi connectivity index (χ2v) is 7.97. The van der Waals surface area contributed by atoms with E-state index >= 15 is 0 Å². The van der Waals surface area contributed by atoms with Crippen LogP contribution < -0.4 is 5.32 Å². The second-order valence-electron chi connectivity index (χ2n) is 7.97. The highest BCUT2D eigenvalue weighted by atomic mass is 16.1. The lowest BCUT2D eigenvalue weighted by molar-refractivity contribution is 0.0907. The van der Waals surface area contributed by atoms with E-state index in [-0.39, 0.29) is 11.9 Å². The van der Waals surface area contributed by atoms with Crippen LogP contribution in [0.2, 0.25) is 0 Å². The Morgan fingerprint density at radius 2 is 1.92 bits per heavy atom. The summed E-state index contributed by atoms with van der Waals surface area (Å²) in [5.41, 5.74) is 3.35. The number of nitrogens with one attached hydrogen (secondary N) is 1. The molecule has 0 atom stereocenters. The predicted octanol–water partition coefficient (Wildman–Crippen LogP) is 2.65. The van der Waals surface area contributed by atoms with Gasteiger partial charge in [0, 0.05) is 44.3 Å². The van der Waals surface area contributed by atoms with Crippen molar-refractivity contribution in [2.45, 2.75) is 44.1 Å². The van der Waals surface area contributed by atoms with E-state index in [2.05, 4.69) is 45.6 Å². The Bertz CT molecular complexity index is 771. The molecule has 2 aromatic rings. The van der Waals surface area contributed by atoms with E-state index < -0.39 is 0 Å². The number of rotatable bonds is 5. The first-order valence-corrected chi connectivity index (χ1v) is 9.65. The zero-order valence-electron chi connectivity index (χ0n) is 15.7. The molecule has 0 radical (unpaired) electrons. The zero-order chi connectivity index (χ0) is 18.1. The summed E-state index contributed by atoms with van der Waals surface area (Å²) in [4.78, 5) is 15.1. The first kappa shape index (κ1) is 17.3. The molecule has 2 heterocycles. The molecule has 1 aliphatic heterocycles. The Hall–Kier alpha value is -2.14. The number of aromatic nitrogens is 2. The normalized spacial score (nSPS) is 20.1. The van der Waals surface area contributed by atoms with Crippen LogP contribution in [-0.2, 0) is 12.5 Å². The van der Waals surface area contributed by atoms with Crippen molar-refractivity contribution >= 4 is 5.91 Å². The first-order chi connectivity index (χ1) is 12.6. The Morgan fingerprint density at radius 3 is 2.50 bits per heavy atom. The third kappa shape index (κ3) is 3.54. The number of likely N-dealkylation sites (tertiary alicyclic amines) is 1. The minimum Gasteiger partial charge on any atom is -0.349 e. The fourth-order valence-electron chi connectivity index (χ4n) is 4.23. The second kappa shape index (κ2) is 6.88. The van der Waals surface area contributed by atoms with Gasteiger partial charge in [0.1, 0.15) is 0 Å². The average molecular weight is 352 g/mol. The number of carbonyl (C=O) groups excluding carboxylic acids is 1. The summed E-state index contributed by atoms with van der Waals surface area (Å²) in [6, 6.07) is 11.2. The van der Waals surface area contributed by atoms with Gasteiger partial charge in [-0.3, -0.25) is 9.48 Å². The maximum Gasteiger partial charge on any atom is 0.254 e. The maximum absolute atomic E-state index is 12.5. The number of aryl methyl sites for hydroxylation is 2. The first-order valence-electron chi connectivity index (χ1n) is 9.65. The van der Waals surface area contributed by atoms with Crippen molar-refractivity contribution in [2.24, 2.45) is 7.05 Å². The summed E-state index contributed by atoms with van der Waals surface area (Å²) in [5.74, 6) is 0.0111. The largest absolute Gasteiger partial charge is 0.349 e. The molecule has 1 amide bonds. The number of amides is 1. The number of nitrogens with zero attached hydrogens (tertiary/aromatic N) is 3. The summed E-state index contributed by atoms with van der Waals surface area (Å²) in [6.07, 6.45) is 6.45. The topological polar surface area (TPSA) is 50.2 Å². The molecule has 5 nitrogen and oxygen atoms in total. The molecular formula is C21H28N4O. The number of hydrogen-bond acceptors (Lipinski definition) is 3. The lowest BCUT2D eigenvalue weighted by Gasteiger charge is -2.35. The van der Waals surface area contributed by atoms with Gasteiger partial charge in [0.05, 0.1) is 11.3 Å². The SMILES string of the molecule is Cc1nn(C)cc1C(=O)NC1CCN(CC2(c3ccccc3)CC2)CC1. The van der Waals surface area contributed by atoms with E-state index in [0.29, 0.717) is 11.0 Å². The van der Waals surface area contributed by atoms with Gasteiger partial charge in [0.25, 0.3) is 5.91 Å².